The summed E-state index contributed by atoms with van der Waals surface area (Å²) in [4.78, 5) is 29.5. The number of amides is 2. The predicted molar refractivity (Wildman–Crippen MR) is 107 cm³/mol. The molecule has 2 heterocycles. The molecule has 152 valence electrons. The highest BCUT2D eigenvalue weighted by atomic mass is 16.5. The molecule has 0 bridgehead atoms. The van der Waals surface area contributed by atoms with Crippen LogP contribution in [0, 0.1) is 6.92 Å². The smallest absolute Gasteiger partial charge is 0.251 e. The summed E-state index contributed by atoms with van der Waals surface area (Å²) in [5, 5.41) is 2.97. The van der Waals surface area contributed by atoms with Crippen LogP contribution in [-0.4, -0.2) is 72.6 Å². The number of nitrogens with one attached hydrogen (secondary N) is 1. The normalized spacial score (nSPS) is 24.8. The first kappa shape index (κ1) is 19.4. The highest BCUT2D eigenvalue weighted by molar-refractivity contribution is 5.95. The number of aryl methyl sites for hydroxylation is 1. The molecule has 6 heteroatoms. The van der Waals surface area contributed by atoms with Gasteiger partial charge in [0.2, 0.25) is 5.91 Å². The van der Waals surface area contributed by atoms with E-state index in [4.69, 9.17) is 4.74 Å². The number of carbonyl (C=O) groups excluding carboxylic acids is 2. The van der Waals surface area contributed by atoms with Crippen molar-refractivity contribution in [3.05, 3.63) is 35.4 Å². The van der Waals surface area contributed by atoms with Gasteiger partial charge in [0.25, 0.3) is 5.91 Å². The number of nitrogens with zero attached hydrogens (tertiary/aromatic N) is 2. The molecular weight excluding hydrogens is 354 g/mol. The quantitative estimate of drug-likeness (QED) is 0.842. The van der Waals surface area contributed by atoms with Crippen molar-refractivity contribution in [2.75, 3.05) is 32.8 Å². The Kier molecular flexibility index (Phi) is 5.97. The number of ether oxygens (including phenoxy) is 1. The summed E-state index contributed by atoms with van der Waals surface area (Å²) in [7, 11) is 0. The van der Waals surface area contributed by atoms with Crippen LogP contribution in [0.15, 0.2) is 24.3 Å². The van der Waals surface area contributed by atoms with Gasteiger partial charge in [-0.2, -0.15) is 0 Å². The fraction of sp³-hybridized carbons (Fsp3) is 0.636. The minimum atomic E-state index is -0.143. The maximum atomic E-state index is 12.4. The van der Waals surface area contributed by atoms with Crippen LogP contribution in [-0.2, 0) is 9.53 Å². The molecule has 1 N–H and O–H groups in total. The topological polar surface area (TPSA) is 61.9 Å². The third kappa shape index (κ3) is 4.23. The molecule has 2 saturated heterocycles. The fourth-order valence-electron chi connectivity index (χ4n) is 4.57. The van der Waals surface area contributed by atoms with E-state index in [0.29, 0.717) is 24.7 Å². The first-order chi connectivity index (χ1) is 13.6. The highest BCUT2D eigenvalue weighted by Crippen LogP contribution is 2.29. The minimum Gasteiger partial charge on any atom is -0.365 e. The number of benzene rings is 1. The van der Waals surface area contributed by atoms with Gasteiger partial charge in [-0.3, -0.25) is 9.59 Å². The Labute approximate surface area is 167 Å². The molecule has 1 saturated carbocycles. The van der Waals surface area contributed by atoms with Crippen molar-refractivity contribution in [3.63, 3.8) is 0 Å². The van der Waals surface area contributed by atoms with Crippen molar-refractivity contribution in [1.29, 1.82) is 0 Å². The molecule has 3 fully saturated rings. The molecule has 2 amide bonds. The molecule has 0 aromatic heterocycles. The lowest BCUT2D eigenvalue weighted by atomic mass is 9.89. The molecule has 3 aliphatic rings. The number of likely N-dealkylation sites (tertiary alicyclic amines) is 1. The zero-order valence-corrected chi connectivity index (χ0v) is 16.7. The molecule has 6 nitrogen and oxygen atoms in total. The number of hydrogen-bond donors (Lipinski definition) is 1. The summed E-state index contributed by atoms with van der Waals surface area (Å²) in [6, 6.07) is 8.65. The van der Waals surface area contributed by atoms with E-state index >= 15 is 0 Å². The second-order valence-electron chi connectivity index (χ2n) is 8.36. The van der Waals surface area contributed by atoms with Crippen molar-refractivity contribution >= 4 is 11.8 Å². The van der Waals surface area contributed by atoms with Crippen LogP contribution in [0.25, 0.3) is 0 Å². The van der Waals surface area contributed by atoms with E-state index in [2.05, 4.69) is 10.2 Å². The van der Waals surface area contributed by atoms with Crippen molar-refractivity contribution in [2.45, 2.75) is 57.2 Å². The van der Waals surface area contributed by atoms with Gasteiger partial charge in [0, 0.05) is 43.8 Å². The average Bonchev–Trinajstić information content (AvgIpc) is 2.67. The van der Waals surface area contributed by atoms with Gasteiger partial charge in [-0.25, -0.2) is 0 Å². The summed E-state index contributed by atoms with van der Waals surface area (Å²) in [6.45, 7) is 5.23. The Bertz CT molecular complexity index is 711. The van der Waals surface area contributed by atoms with Gasteiger partial charge in [-0.15, -0.1) is 0 Å². The fourth-order valence-corrected chi connectivity index (χ4v) is 4.57. The van der Waals surface area contributed by atoms with Crippen LogP contribution >= 0.6 is 0 Å². The van der Waals surface area contributed by atoms with Crippen LogP contribution in [0.4, 0.5) is 0 Å². The lowest BCUT2D eigenvalue weighted by molar-refractivity contribution is -0.153. The molecule has 4 rings (SSSR count). The first-order valence-electron chi connectivity index (χ1n) is 10.6. The van der Waals surface area contributed by atoms with Gasteiger partial charge < -0.3 is 19.9 Å². The predicted octanol–water partition coefficient (Wildman–Crippen LogP) is 1.97. The Balaban J connectivity index is 1.28. The highest BCUT2D eigenvalue weighted by Gasteiger charge is 2.35. The molecule has 0 radical (unpaired) electrons. The number of rotatable bonds is 5. The third-order valence-electron chi connectivity index (χ3n) is 6.57. The van der Waals surface area contributed by atoms with E-state index in [1.807, 2.05) is 36.1 Å². The van der Waals surface area contributed by atoms with Crippen LogP contribution in [0.5, 0.6) is 0 Å². The maximum Gasteiger partial charge on any atom is 0.251 e. The second kappa shape index (κ2) is 8.62. The summed E-state index contributed by atoms with van der Waals surface area (Å²) < 4.78 is 5.70. The lowest BCUT2D eigenvalue weighted by Crippen LogP contribution is -2.57. The third-order valence-corrected chi connectivity index (χ3v) is 6.57. The van der Waals surface area contributed by atoms with Gasteiger partial charge in [-0.05, 0) is 44.2 Å². The molecule has 1 aromatic carbocycles. The lowest BCUT2D eigenvalue weighted by Gasteiger charge is -2.45. The molecular formula is C22H31N3O3. The zero-order valence-electron chi connectivity index (χ0n) is 16.7. The summed E-state index contributed by atoms with van der Waals surface area (Å²) >= 11 is 0. The second-order valence-corrected chi connectivity index (χ2v) is 8.36. The number of hydrogen-bond acceptors (Lipinski definition) is 4. The SMILES string of the molecule is Cc1ccccc1C(=O)NCC1CN(C2CCN(C3CCC3)CC2)C(=O)CO1. The Morgan fingerprint density at radius 2 is 1.89 bits per heavy atom. The number of morpholine rings is 1. The molecule has 1 atom stereocenters. The Morgan fingerprint density at radius 3 is 2.57 bits per heavy atom. The van der Waals surface area contributed by atoms with E-state index in [0.717, 1.165) is 37.5 Å². The van der Waals surface area contributed by atoms with Crippen molar-refractivity contribution in [3.8, 4) is 0 Å². The van der Waals surface area contributed by atoms with Crippen LogP contribution < -0.4 is 5.32 Å². The standard InChI is InChI=1S/C22H31N3O3/c1-16-5-2-3-8-20(16)22(27)23-13-19-14-25(21(26)15-28-19)18-9-11-24(12-10-18)17-6-4-7-17/h2-3,5,8,17-19H,4,6-7,9-15H2,1H3,(H,23,27). The average molecular weight is 386 g/mol. The van der Waals surface area contributed by atoms with E-state index in [9.17, 15) is 9.59 Å². The molecule has 1 aliphatic carbocycles. The molecule has 28 heavy (non-hydrogen) atoms. The number of piperidine rings is 1. The molecule has 2 aliphatic heterocycles. The molecule has 1 unspecified atom stereocenters. The van der Waals surface area contributed by atoms with E-state index in [-0.39, 0.29) is 24.5 Å². The van der Waals surface area contributed by atoms with Crippen LogP contribution in [0.2, 0.25) is 0 Å². The first-order valence-corrected chi connectivity index (χ1v) is 10.6. The monoisotopic (exact) mass is 385 g/mol. The van der Waals surface area contributed by atoms with Crippen LogP contribution in [0.1, 0.15) is 48.0 Å². The van der Waals surface area contributed by atoms with E-state index < -0.39 is 0 Å². The largest absolute Gasteiger partial charge is 0.365 e. The van der Waals surface area contributed by atoms with E-state index in [1.54, 1.807) is 0 Å². The van der Waals surface area contributed by atoms with Crippen molar-refractivity contribution in [1.82, 2.24) is 15.1 Å². The van der Waals surface area contributed by atoms with Crippen molar-refractivity contribution in [2.24, 2.45) is 0 Å². The van der Waals surface area contributed by atoms with Gasteiger partial charge in [0.1, 0.15) is 6.61 Å². The minimum absolute atomic E-state index is 0.0843. The molecule has 1 aromatic rings. The van der Waals surface area contributed by atoms with Crippen molar-refractivity contribution < 1.29 is 14.3 Å². The Morgan fingerprint density at radius 1 is 1.14 bits per heavy atom. The summed E-state index contributed by atoms with van der Waals surface area (Å²) in [6.07, 6.45) is 5.99. The van der Waals surface area contributed by atoms with Gasteiger partial charge in [-0.1, -0.05) is 24.6 Å². The van der Waals surface area contributed by atoms with Gasteiger partial charge in [0.05, 0.1) is 6.10 Å². The maximum absolute atomic E-state index is 12.4. The molecule has 0 spiro atoms. The van der Waals surface area contributed by atoms with Crippen LogP contribution in [0.3, 0.4) is 0 Å². The number of carbonyl (C=O) groups is 2. The van der Waals surface area contributed by atoms with Gasteiger partial charge in [0.15, 0.2) is 0 Å². The zero-order chi connectivity index (χ0) is 19.5. The van der Waals surface area contributed by atoms with Gasteiger partial charge >= 0.3 is 0 Å². The summed E-state index contributed by atoms with van der Waals surface area (Å²) in [5.74, 6) is 0.00234. The Hall–Kier alpha value is -1.92. The summed E-state index contributed by atoms with van der Waals surface area (Å²) in [5.41, 5.74) is 1.65. The van der Waals surface area contributed by atoms with E-state index in [1.165, 1.54) is 19.3 Å².